The highest BCUT2D eigenvalue weighted by atomic mass is 14.9. The Bertz CT molecular complexity index is 258. The molecule has 2 fully saturated rings. The van der Waals surface area contributed by atoms with Crippen LogP contribution < -0.4 is 5.32 Å². The van der Waals surface area contributed by atoms with Crippen LogP contribution in [0.4, 0.5) is 0 Å². The normalized spacial score (nSPS) is 33.0. The zero-order valence-corrected chi connectivity index (χ0v) is 13.0. The SMILES string of the molecule is CCCNC(C)CC(C)(C)CC1CC2CCC1C2. The van der Waals surface area contributed by atoms with Gasteiger partial charge < -0.3 is 5.32 Å². The summed E-state index contributed by atoms with van der Waals surface area (Å²) < 4.78 is 0. The first kappa shape index (κ1) is 14.4. The average Bonchev–Trinajstić information content (AvgIpc) is 2.86. The van der Waals surface area contributed by atoms with Crippen LogP contribution in [-0.4, -0.2) is 12.6 Å². The fourth-order valence-corrected chi connectivity index (χ4v) is 4.71. The summed E-state index contributed by atoms with van der Waals surface area (Å²) in [5.41, 5.74) is 0.523. The molecule has 0 radical (unpaired) electrons. The van der Waals surface area contributed by atoms with Crippen LogP contribution in [0.2, 0.25) is 0 Å². The van der Waals surface area contributed by atoms with Crippen LogP contribution in [0.15, 0.2) is 0 Å². The minimum absolute atomic E-state index is 0.523. The number of rotatable bonds is 7. The van der Waals surface area contributed by atoms with Gasteiger partial charge in [0.1, 0.15) is 0 Å². The zero-order chi connectivity index (χ0) is 13.2. The van der Waals surface area contributed by atoms with Crippen LogP contribution in [-0.2, 0) is 0 Å². The fourth-order valence-electron chi connectivity index (χ4n) is 4.71. The van der Waals surface area contributed by atoms with Crippen molar-refractivity contribution in [2.24, 2.45) is 23.2 Å². The van der Waals surface area contributed by atoms with Gasteiger partial charge >= 0.3 is 0 Å². The summed E-state index contributed by atoms with van der Waals surface area (Å²) in [6.07, 6.45) is 10.2. The van der Waals surface area contributed by atoms with E-state index in [0.29, 0.717) is 11.5 Å². The topological polar surface area (TPSA) is 12.0 Å². The molecule has 4 unspecified atom stereocenters. The van der Waals surface area contributed by atoms with E-state index in [1.165, 1.54) is 38.6 Å². The molecular formula is C17H33N. The number of fused-ring (bicyclic) bond motifs is 2. The summed E-state index contributed by atoms with van der Waals surface area (Å²) in [4.78, 5) is 0. The van der Waals surface area contributed by atoms with Gasteiger partial charge in [0.15, 0.2) is 0 Å². The second kappa shape index (κ2) is 5.94. The maximum absolute atomic E-state index is 3.65. The van der Waals surface area contributed by atoms with Gasteiger partial charge in [0.25, 0.3) is 0 Å². The Kier molecular flexibility index (Phi) is 4.75. The molecule has 2 aliphatic rings. The Morgan fingerprint density at radius 1 is 1.22 bits per heavy atom. The van der Waals surface area contributed by atoms with Crippen molar-refractivity contribution in [2.45, 2.75) is 78.7 Å². The molecule has 0 aromatic heterocycles. The van der Waals surface area contributed by atoms with Crippen molar-refractivity contribution >= 4 is 0 Å². The van der Waals surface area contributed by atoms with Crippen molar-refractivity contribution in [2.75, 3.05) is 6.54 Å². The highest BCUT2D eigenvalue weighted by molar-refractivity contribution is 4.92. The molecule has 0 aromatic carbocycles. The van der Waals surface area contributed by atoms with Gasteiger partial charge in [0.05, 0.1) is 0 Å². The lowest BCUT2D eigenvalue weighted by atomic mass is 9.73. The van der Waals surface area contributed by atoms with Gasteiger partial charge in [-0.15, -0.1) is 0 Å². The Hall–Kier alpha value is -0.0400. The van der Waals surface area contributed by atoms with Gasteiger partial charge in [-0.25, -0.2) is 0 Å². The predicted octanol–water partition coefficient (Wildman–Crippen LogP) is 4.62. The predicted molar refractivity (Wildman–Crippen MR) is 79.7 cm³/mol. The van der Waals surface area contributed by atoms with Crippen LogP contribution in [0.3, 0.4) is 0 Å². The van der Waals surface area contributed by atoms with Crippen LogP contribution in [0.5, 0.6) is 0 Å². The maximum Gasteiger partial charge on any atom is 0.00438 e. The Morgan fingerprint density at radius 3 is 2.56 bits per heavy atom. The minimum Gasteiger partial charge on any atom is -0.314 e. The molecule has 2 saturated carbocycles. The highest BCUT2D eigenvalue weighted by Gasteiger charge is 2.41. The van der Waals surface area contributed by atoms with Crippen LogP contribution in [0.1, 0.15) is 72.6 Å². The first-order chi connectivity index (χ1) is 8.50. The van der Waals surface area contributed by atoms with Crippen LogP contribution >= 0.6 is 0 Å². The fraction of sp³-hybridized carbons (Fsp3) is 1.00. The summed E-state index contributed by atoms with van der Waals surface area (Å²) >= 11 is 0. The molecule has 0 aliphatic heterocycles. The number of nitrogens with one attached hydrogen (secondary N) is 1. The van der Waals surface area contributed by atoms with E-state index in [-0.39, 0.29) is 0 Å². The van der Waals surface area contributed by atoms with E-state index in [9.17, 15) is 0 Å². The smallest absolute Gasteiger partial charge is 0.00438 e. The van der Waals surface area contributed by atoms with Gasteiger partial charge in [0, 0.05) is 6.04 Å². The molecule has 1 nitrogen and oxygen atoms in total. The summed E-state index contributed by atoms with van der Waals surface area (Å²) in [6, 6.07) is 0.679. The molecule has 0 heterocycles. The molecule has 2 rings (SSSR count). The van der Waals surface area contributed by atoms with Crippen LogP contribution in [0, 0.1) is 23.2 Å². The third-order valence-corrected chi connectivity index (χ3v) is 5.30. The summed E-state index contributed by atoms with van der Waals surface area (Å²) in [5, 5.41) is 3.65. The standard InChI is InChI=1S/C17H33N/c1-5-8-18-13(2)11-17(3,4)12-16-10-14-6-7-15(16)9-14/h13-16,18H,5-12H2,1-4H3. The van der Waals surface area contributed by atoms with E-state index < -0.39 is 0 Å². The zero-order valence-electron chi connectivity index (χ0n) is 13.0. The van der Waals surface area contributed by atoms with Crippen molar-refractivity contribution in [3.63, 3.8) is 0 Å². The second-order valence-electron chi connectivity index (χ2n) is 7.86. The summed E-state index contributed by atoms with van der Waals surface area (Å²) in [7, 11) is 0. The van der Waals surface area contributed by atoms with Crippen molar-refractivity contribution in [3.05, 3.63) is 0 Å². The molecule has 1 heteroatoms. The van der Waals surface area contributed by atoms with E-state index in [1.54, 1.807) is 12.8 Å². The van der Waals surface area contributed by atoms with Gasteiger partial charge in [-0.05, 0) is 75.2 Å². The highest BCUT2D eigenvalue weighted by Crippen LogP contribution is 2.52. The molecule has 0 amide bonds. The van der Waals surface area contributed by atoms with E-state index >= 15 is 0 Å². The minimum atomic E-state index is 0.523. The van der Waals surface area contributed by atoms with Crippen molar-refractivity contribution in [1.82, 2.24) is 5.32 Å². The monoisotopic (exact) mass is 251 g/mol. The van der Waals surface area contributed by atoms with Gasteiger partial charge in [-0.3, -0.25) is 0 Å². The van der Waals surface area contributed by atoms with Crippen molar-refractivity contribution in [1.29, 1.82) is 0 Å². The quantitative estimate of drug-likeness (QED) is 0.696. The van der Waals surface area contributed by atoms with Gasteiger partial charge in [-0.2, -0.15) is 0 Å². The summed E-state index contributed by atoms with van der Waals surface area (Å²) in [5.74, 6) is 3.25. The van der Waals surface area contributed by atoms with Gasteiger partial charge in [-0.1, -0.05) is 27.2 Å². The molecule has 0 saturated heterocycles. The molecule has 0 spiro atoms. The first-order valence-electron chi connectivity index (χ1n) is 8.23. The molecule has 18 heavy (non-hydrogen) atoms. The number of hydrogen-bond donors (Lipinski definition) is 1. The van der Waals surface area contributed by atoms with Gasteiger partial charge in [0.2, 0.25) is 0 Å². The van der Waals surface area contributed by atoms with Crippen molar-refractivity contribution in [3.8, 4) is 0 Å². The lowest BCUT2D eigenvalue weighted by Gasteiger charge is -2.34. The van der Waals surface area contributed by atoms with E-state index in [2.05, 4.69) is 33.0 Å². The molecule has 1 N–H and O–H groups in total. The van der Waals surface area contributed by atoms with Crippen molar-refractivity contribution < 1.29 is 0 Å². The van der Waals surface area contributed by atoms with E-state index in [1.807, 2.05) is 0 Å². The molecule has 4 atom stereocenters. The molecule has 106 valence electrons. The second-order valence-corrected chi connectivity index (χ2v) is 7.86. The molecule has 0 aromatic rings. The largest absolute Gasteiger partial charge is 0.314 e. The third-order valence-electron chi connectivity index (χ3n) is 5.30. The number of hydrogen-bond acceptors (Lipinski definition) is 1. The summed E-state index contributed by atoms with van der Waals surface area (Å²) in [6.45, 7) is 10.8. The molecular weight excluding hydrogens is 218 g/mol. The maximum atomic E-state index is 3.65. The molecule has 2 bridgehead atoms. The van der Waals surface area contributed by atoms with Crippen LogP contribution in [0.25, 0.3) is 0 Å². The lowest BCUT2D eigenvalue weighted by Crippen LogP contribution is -2.33. The Labute approximate surface area is 114 Å². The van der Waals surface area contributed by atoms with E-state index in [0.717, 1.165) is 17.8 Å². The third kappa shape index (κ3) is 3.73. The Morgan fingerprint density at radius 2 is 2.00 bits per heavy atom. The average molecular weight is 251 g/mol. The Balaban J connectivity index is 1.76. The first-order valence-corrected chi connectivity index (χ1v) is 8.23. The van der Waals surface area contributed by atoms with E-state index in [4.69, 9.17) is 0 Å². The lowest BCUT2D eigenvalue weighted by molar-refractivity contribution is 0.182. The molecule has 2 aliphatic carbocycles.